The van der Waals surface area contributed by atoms with Crippen LogP contribution in [0.3, 0.4) is 0 Å². The maximum absolute atomic E-state index is 10.8. The summed E-state index contributed by atoms with van der Waals surface area (Å²) in [6.45, 7) is 4.40. The first-order valence-corrected chi connectivity index (χ1v) is 5.91. The molecule has 1 saturated carbocycles. The van der Waals surface area contributed by atoms with Crippen LogP contribution in [0.1, 0.15) is 38.7 Å². The second-order valence-electron chi connectivity index (χ2n) is 5.08. The molecule has 0 aliphatic heterocycles. The average molecular weight is 204 g/mol. The monoisotopic (exact) mass is 204 g/mol. The first kappa shape index (κ1) is 10.7. The van der Waals surface area contributed by atoms with Crippen LogP contribution in [0.5, 0.6) is 0 Å². The summed E-state index contributed by atoms with van der Waals surface area (Å²) >= 11 is 0. The molecule has 0 radical (unpaired) electrons. The summed E-state index contributed by atoms with van der Waals surface area (Å²) in [4.78, 5) is 0. The van der Waals surface area contributed by atoms with Gasteiger partial charge in [-0.05, 0) is 30.2 Å². The van der Waals surface area contributed by atoms with Crippen molar-refractivity contribution in [1.29, 1.82) is 0 Å². The van der Waals surface area contributed by atoms with Gasteiger partial charge in [0, 0.05) is 0 Å². The Labute approximate surface area is 92.1 Å². The Kier molecular flexibility index (Phi) is 2.83. The van der Waals surface area contributed by atoms with Crippen LogP contribution < -0.4 is 0 Å². The van der Waals surface area contributed by atoms with E-state index in [-0.39, 0.29) is 0 Å². The first-order chi connectivity index (χ1) is 7.13. The first-order valence-electron chi connectivity index (χ1n) is 5.91. The lowest BCUT2D eigenvalue weighted by Gasteiger charge is -2.41. The van der Waals surface area contributed by atoms with Crippen molar-refractivity contribution in [2.45, 2.75) is 38.7 Å². The molecule has 3 atom stereocenters. The molecule has 1 heteroatoms. The Balaban J connectivity index is 2.31. The molecule has 82 valence electrons. The van der Waals surface area contributed by atoms with Crippen molar-refractivity contribution in [3.63, 3.8) is 0 Å². The van der Waals surface area contributed by atoms with Crippen LogP contribution in [-0.4, -0.2) is 5.11 Å². The van der Waals surface area contributed by atoms with Gasteiger partial charge in [0.25, 0.3) is 0 Å². The SMILES string of the molecule is C[C@@H]1CC[C@@H](C)[C@](O)(c2ccccc2)C1. The summed E-state index contributed by atoms with van der Waals surface area (Å²) in [5, 5.41) is 10.8. The van der Waals surface area contributed by atoms with Gasteiger partial charge in [0.2, 0.25) is 0 Å². The second kappa shape index (κ2) is 3.97. The predicted molar refractivity (Wildman–Crippen MR) is 62.5 cm³/mol. The van der Waals surface area contributed by atoms with Gasteiger partial charge >= 0.3 is 0 Å². The highest BCUT2D eigenvalue weighted by Crippen LogP contribution is 2.43. The van der Waals surface area contributed by atoms with Crippen LogP contribution in [-0.2, 0) is 5.60 Å². The molecule has 1 N–H and O–H groups in total. The van der Waals surface area contributed by atoms with E-state index in [1.165, 1.54) is 6.42 Å². The van der Waals surface area contributed by atoms with E-state index in [4.69, 9.17) is 0 Å². The standard InChI is InChI=1S/C14H20O/c1-11-8-9-12(2)14(15,10-11)13-6-4-3-5-7-13/h3-7,11-12,15H,8-10H2,1-2H3/t11-,12-,14+/m1/s1. The Hall–Kier alpha value is -0.820. The summed E-state index contributed by atoms with van der Waals surface area (Å²) in [6.07, 6.45) is 3.28. The van der Waals surface area contributed by atoms with E-state index >= 15 is 0 Å². The number of hydrogen-bond donors (Lipinski definition) is 1. The number of hydrogen-bond acceptors (Lipinski definition) is 1. The highest BCUT2D eigenvalue weighted by Gasteiger charge is 2.39. The zero-order valence-electron chi connectivity index (χ0n) is 9.61. The van der Waals surface area contributed by atoms with Crippen LogP contribution in [0.15, 0.2) is 30.3 Å². The van der Waals surface area contributed by atoms with Gasteiger partial charge in [0.1, 0.15) is 0 Å². The number of aliphatic hydroxyl groups is 1. The number of rotatable bonds is 1. The Morgan fingerprint density at radius 2 is 1.80 bits per heavy atom. The van der Waals surface area contributed by atoms with Crippen LogP contribution in [0.4, 0.5) is 0 Å². The van der Waals surface area contributed by atoms with Gasteiger partial charge in [-0.1, -0.05) is 50.6 Å². The predicted octanol–water partition coefficient (Wildman–Crippen LogP) is 3.33. The van der Waals surface area contributed by atoms with Crippen molar-refractivity contribution in [3.05, 3.63) is 35.9 Å². The minimum Gasteiger partial charge on any atom is -0.385 e. The molecule has 15 heavy (non-hydrogen) atoms. The molecule has 0 saturated heterocycles. The molecular weight excluding hydrogens is 184 g/mol. The van der Waals surface area contributed by atoms with E-state index in [0.29, 0.717) is 11.8 Å². The van der Waals surface area contributed by atoms with Gasteiger partial charge in [-0.15, -0.1) is 0 Å². The van der Waals surface area contributed by atoms with Gasteiger partial charge in [0.05, 0.1) is 5.60 Å². The third-order valence-corrected chi connectivity index (χ3v) is 3.84. The van der Waals surface area contributed by atoms with Crippen LogP contribution >= 0.6 is 0 Å². The minimum absolute atomic E-state index is 0.371. The summed E-state index contributed by atoms with van der Waals surface area (Å²) in [7, 11) is 0. The fraction of sp³-hybridized carbons (Fsp3) is 0.571. The van der Waals surface area contributed by atoms with Crippen molar-refractivity contribution < 1.29 is 5.11 Å². The molecular formula is C14H20O. The molecule has 1 fully saturated rings. The quantitative estimate of drug-likeness (QED) is 0.744. The molecule has 0 heterocycles. The van der Waals surface area contributed by atoms with Gasteiger partial charge < -0.3 is 5.11 Å². The molecule has 0 spiro atoms. The highest BCUT2D eigenvalue weighted by molar-refractivity contribution is 5.23. The van der Waals surface area contributed by atoms with Crippen LogP contribution in [0, 0.1) is 11.8 Å². The fourth-order valence-electron chi connectivity index (χ4n) is 2.74. The zero-order valence-corrected chi connectivity index (χ0v) is 9.61. The lowest BCUT2D eigenvalue weighted by molar-refractivity contribution is -0.0627. The molecule has 1 aromatic carbocycles. The van der Waals surface area contributed by atoms with E-state index < -0.39 is 5.60 Å². The Bertz CT molecular complexity index is 319. The van der Waals surface area contributed by atoms with E-state index in [0.717, 1.165) is 18.4 Å². The third kappa shape index (κ3) is 1.93. The molecule has 0 bridgehead atoms. The largest absolute Gasteiger partial charge is 0.385 e. The van der Waals surface area contributed by atoms with E-state index in [2.05, 4.69) is 26.0 Å². The lowest BCUT2D eigenvalue weighted by atomic mass is 9.69. The molecule has 1 aliphatic rings. The Morgan fingerprint density at radius 1 is 1.13 bits per heavy atom. The fourth-order valence-corrected chi connectivity index (χ4v) is 2.74. The van der Waals surface area contributed by atoms with Crippen molar-refractivity contribution in [2.75, 3.05) is 0 Å². The molecule has 0 amide bonds. The molecule has 0 aromatic heterocycles. The summed E-state index contributed by atoms with van der Waals surface area (Å²) in [5.74, 6) is 1.00. The molecule has 1 aromatic rings. The smallest absolute Gasteiger partial charge is 0.0924 e. The number of benzene rings is 1. The summed E-state index contributed by atoms with van der Waals surface area (Å²) < 4.78 is 0. The van der Waals surface area contributed by atoms with E-state index in [9.17, 15) is 5.11 Å². The van der Waals surface area contributed by atoms with Crippen molar-refractivity contribution in [3.8, 4) is 0 Å². The van der Waals surface area contributed by atoms with Crippen LogP contribution in [0.2, 0.25) is 0 Å². The van der Waals surface area contributed by atoms with Gasteiger partial charge in [-0.3, -0.25) is 0 Å². The van der Waals surface area contributed by atoms with Crippen LogP contribution in [0.25, 0.3) is 0 Å². The lowest BCUT2D eigenvalue weighted by Crippen LogP contribution is -2.39. The van der Waals surface area contributed by atoms with E-state index in [1.54, 1.807) is 0 Å². The average Bonchev–Trinajstić information content (AvgIpc) is 2.25. The summed E-state index contributed by atoms with van der Waals surface area (Å²) in [5.41, 5.74) is 0.489. The van der Waals surface area contributed by atoms with E-state index in [1.807, 2.05) is 18.2 Å². The highest BCUT2D eigenvalue weighted by atomic mass is 16.3. The van der Waals surface area contributed by atoms with Gasteiger partial charge in [-0.2, -0.15) is 0 Å². The van der Waals surface area contributed by atoms with Crippen molar-refractivity contribution in [2.24, 2.45) is 11.8 Å². The van der Waals surface area contributed by atoms with Gasteiger partial charge in [-0.25, -0.2) is 0 Å². The zero-order chi connectivity index (χ0) is 10.9. The second-order valence-corrected chi connectivity index (χ2v) is 5.08. The van der Waals surface area contributed by atoms with Crippen molar-refractivity contribution >= 4 is 0 Å². The molecule has 1 aliphatic carbocycles. The minimum atomic E-state index is -0.598. The maximum Gasteiger partial charge on any atom is 0.0924 e. The molecule has 0 unspecified atom stereocenters. The topological polar surface area (TPSA) is 20.2 Å². The normalized spacial score (nSPS) is 36.5. The summed E-state index contributed by atoms with van der Waals surface area (Å²) in [6, 6.07) is 10.1. The van der Waals surface area contributed by atoms with Crippen molar-refractivity contribution in [1.82, 2.24) is 0 Å². The third-order valence-electron chi connectivity index (χ3n) is 3.84. The molecule has 1 nitrogen and oxygen atoms in total. The maximum atomic E-state index is 10.8. The molecule has 2 rings (SSSR count). The van der Waals surface area contributed by atoms with Gasteiger partial charge in [0.15, 0.2) is 0 Å². The Morgan fingerprint density at radius 3 is 2.47 bits per heavy atom.